The maximum Gasteiger partial charge on any atom is 0.258 e. The molecule has 2 rings (SSSR count). The van der Waals surface area contributed by atoms with Crippen molar-refractivity contribution in [2.45, 2.75) is 13.8 Å². The number of anilines is 1. The topological polar surface area (TPSA) is 29.1 Å². The number of nitrogens with one attached hydrogen (secondary N) is 1. The van der Waals surface area contributed by atoms with Crippen LogP contribution in [-0.4, -0.2) is 5.91 Å². The molecular formula is C15H13BrFNO. The van der Waals surface area contributed by atoms with E-state index in [1.165, 1.54) is 6.07 Å². The second-order valence-corrected chi connectivity index (χ2v) is 5.18. The van der Waals surface area contributed by atoms with E-state index in [1.54, 1.807) is 12.1 Å². The first-order valence-corrected chi connectivity index (χ1v) is 6.61. The third-order valence-electron chi connectivity index (χ3n) is 2.92. The third kappa shape index (κ3) is 2.84. The van der Waals surface area contributed by atoms with Crippen LogP contribution in [0.4, 0.5) is 10.1 Å². The van der Waals surface area contributed by atoms with Gasteiger partial charge in [-0.2, -0.15) is 0 Å². The van der Waals surface area contributed by atoms with Crippen LogP contribution in [0.3, 0.4) is 0 Å². The average molecular weight is 322 g/mol. The van der Waals surface area contributed by atoms with E-state index in [2.05, 4.69) is 21.2 Å². The lowest BCUT2D eigenvalue weighted by Gasteiger charge is -2.12. The Labute approximate surface area is 119 Å². The first-order valence-electron chi connectivity index (χ1n) is 5.82. The van der Waals surface area contributed by atoms with Crippen molar-refractivity contribution in [1.29, 1.82) is 0 Å². The molecule has 2 aromatic rings. The highest BCUT2D eigenvalue weighted by atomic mass is 79.9. The lowest BCUT2D eigenvalue weighted by atomic mass is 10.1. The van der Waals surface area contributed by atoms with E-state index in [4.69, 9.17) is 0 Å². The minimum Gasteiger partial charge on any atom is -0.321 e. The van der Waals surface area contributed by atoms with E-state index in [0.29, 0.717) is 0 Å². The monoisotopic (exact) mass is 321 g/mol. The summed E-state index contributed by atoms with van der Waals surface area (Å²) in [5.74, 6) is -0.998. The summed E-state index contributed by atoms with van der Waals surface area (Å²) in [6.45, 7) is 3.81. The van der Waals surface area contributed by atoms with E-state index < -0.39 is 11.7 Å². The Balaban J connectivity index is 2.34. The molecule has 19 heavy (non-hydrogen) atoms. The van der Waals surface area contributed by atoms with Crippen LogP contribution in [0, 0.1) is 19.7 Å². The zero-order chi connectivity index (χ0) is 14.0. The van der Waals surface area contributed by atoms with Crippen molar-refractivity contribution in [2.75, 3.05) is 5.32 Å². The van der Waals surface area contributed by atoms with E-state index in [0.717, 1.165) is 16.8 Å². The van der Waals surface area contributed by atoms with Gasteiger partial charge in [0, 0.05) is 5.69 Å². The fourth-order valence-corrected chi connectivity index (χ4v) is 2.24. The van der Waals surface area contributed by atoms with Gasteiger partial charge in [-0.15, -0.1) is 0 Å². The van der Waals surface area contributed by atoms with Gasteiger partial charge in [0.2, 0.25) is 0 Å². The molecule has 0 spiro atoms. The van der Waals surface area contributed by atoms with Crippen LogP contribution in [-0.2, 0) is 0 Å². The molecule has 98 valence electrons. The van der Waals surface area contributed by atoms with Crippen LogP contribution in [0.1, 0.15) is 21.5 Å². The summed E-state index contributed by atoms with van der Waals surface area (Å²) in [5.41, 5.74) is 2.65. The molecule has 0 aromatic heterocycles. The molecule has 2 nitrogen and oxygen atoms in total. The number of hydrogen-bond donors (Lipinski definition) is 1. The van der Waals surface area contributed by atoms with Crippen molar-refractivity contribution in [1.82, 2.24) is 0 Å². The Hall–Kier alpha value is -1.68. The van der Waals surface area contributed by atoms with E-state index >= 15 is 0 Å². The maximum atomic E-state index is 13.8. The van der Waals surface area contributed by atoms with Crippen LogP contribution < -0.4 is 5.32 Å². The van der Waals surface area contributed by atoms with Gasteiger partial charge in [-0.3, -0.25) is 4.79 Å². The molecule has 4 heteroatoms. The fraction of sp³-hybridized carbons (Fsp3) is 0.133. The van der Waals surface area contributed by atoms with Crippen molar-refractivity contribution in [2.24, 2.45) is 0 Å². The molecule has 0 radical (unpaired) electrons. The van der Waals surface area contributed by atoms with Crippen molar-refractivity contribution in [3.05, 3.63) is 63.4 Å². The van der Waals surface area contributed by atoms with Crippen LogP contribution in [0.15, 0.2) is 40.9 Å². The molecule has 1 amide bonds. The normalized spacial score (nSPS) is 10.3. The van der Waals surface area contributed by atoms with Crippen LogP contribution >= 0.6 is 15.9 Å². The highest BCUT2D eigenvalue weighted by molar-refractivity contribution is 9.10. The summed E-state index contributed by atoms with van der Waals surface area (Å²) in [4.78, 5) is 12.1. The van der Waals surface area contributed by atoms with Crippen LogP contribution in [0.5, 0.6) is 0 Å². The number of benzene rings is 2. The van der Waals surface area contributed by atoms with Crippen LogP contribution in [0.2, 0.25) is 0 Å². The number of halogens is 2. The van der Waals surface area contributed by atoms with Crippen LogP contribution in [0.25, 0.3) is 0 Å². The van der Waals surface area contributed by atoms with Gasteiger partial charge in [0.15, 0.2) is 0 Å². The Morgan fingerprint density at radius 2 is 1.68 bits per heavy atom. The van der Waals surface area contributed by atoms with Gasteiger partial charge in [-0.05, 0) is 53.0 Å². The van der Waals surface area contributed by atoms with Crippen molar-refractivity contribution < 1.29 is 9.18 Å². The molecule has 0 aliphatic rings. The standard InChI is InChI=1S/C15H13BrFNO/c1-9-5-3-6-10(2)14(9)18-15(19)11-7-4-8-12(16)13(11)17/h3-8H,1-2H3,(H,18,19). The summed E-state index contributed by atoms with van der Waals surface area (Å²) < 4.78 is 14.1. The van der Waals surface area contributed by atoms with E-state index in [1.807, 2.05) is 32.0 Å². The largest absolute Gasteiger partial charge is 0.321 e. The molecule has 0 bridgehead atoms. The van der Waals surface area contributed by atoms with E-state index in [9.17, 15) is 9.18 Å². The van der Waals surface area contributed by atoms with Gasteiger partial charge in [0.1, 0.15) is 5.82 Å². The zero-order valence-corrected chi connectivity index (χ0v) is 12.2. The number of hydrogen-bond acceptors (Lipinski definition) is 1. The van der Waals surface area contributed by atoms with Crippen molar-refractivity contribution >= 4 is 27.5 Å². The van der Waals surface area contributed by atoms with Crippen molar-refractivity contribution in [3.63, 3.8) is 0 Å². The Morgan fingerprint density at radius 3 is 2.32 bits per heavy atom. The van der Waals surface area contributed by atoms with E-state index in [-0.39, 0.29) is 10.0 Å². The van der Waals surface area contributed by atoms with Gasteiger partial charge < -0.3 is 5.32 Å². The number of carbonyl (C=O) groups excluding carboxylic acids is 1. The molecule has 0 aliphatic heterocycles. The second-order valence-electron chi connectivity index (χ2n) is 4.32. The van der Waals surface area contributed by atoms with Gasteiger partial charge in [0.25, 0.3) is 5.91 Å². The van der Waals surface area contributed by atoms with Gasteiger partial charge >= 0.3 is 0 Å². The number of amides is 1. The van der Waals surface area contributed by atoms with Gasteiger partial charge in [-0.25, -0.2) is 4.39 Å². The molecule has 0 heterocycles. The predicted octanol–water partition coefficient (Wildman–Crippen LogP) is 4.46. The molecule has 0 unspecified atom stereocenters. The number of carbonyl (C=O) groups is 1. The third-order valence-corrected chi connectivity index (χ3v) is 3.53. The van der Waals surface area contributed by atoms with Crippen molar-refractivity contribution in [3.8, 4) is 0 Å². The second kappa shape index (κ2) is 5.53. The number of aryl methyl sites for hydroxylation is 2. The number of para-hydroxylation sites is 1. The predicted molar refractivity (Wildman–Crippen MR) is 78.0 cm³/mol. The minimum atomic E-state index is -0.550. The smallest absolute Gasteiger partial charge is 0.258 e. The molecule has 1 N–H and O–H groups in total. The SMILES string of the molecule is Cc1cccc(C)c1NC(=O)c1cccc(Br)c1F. The Bertz CT molecular complexity index is 620. The molecule has 0 atom stereocenters. The highest BCUT2D eigenvalue weighted by Crippen LogP contribution is 2.23. The average Bonchev–Trinajstić information content (AvgIpc) is 2.37. The summed E-state index contributed by atoms with van der Waals surface area (Å²) in [5, 5.41) is 2.76. The molecule has 0 fully saturated rings. The maximum absolute atomic E-state index is 13.8. The summed E-state index contributed by atoms with van der Waals surface area (Å²) in [6.07, 6.45) is 0. The zero-order valence-electron chi connectivity index (χ0n) is 10.6. The molecule has 0 saturated heterocycles. The molecular weight excluding hydrogens is 309 g/mol. The summed E-state index contributed by atoms with van der Waals surface area (Å²) >= 11 is 3.07. The number of rotatable bonds is 2. The molecule has 0 saturated carbocycles. The summed E-state index contributed by atoms with van der Waals surface area (Å²) in [6, 6.07) is 10.4. The minimum absolute atomic E-state index is 0.0250. The fourth-order valence-electron chi connectivity index (χ4n) is 1.87. The quantitative estimate of drug-likeness (QED) is 0.869. The summed E-state index contributed by atoms with van der Waals surface area (Å²) in [7, 11) is 0. The Kier molecular flexibility index (Phi) is 4.00. The first-order chi connectivity index (χ1) is 9.00. The van der Waals surface area contributed by atoms with Gasteiger partial charge in [-0.1, -0.05) is 24.3 Å². The lowest BCUT2D eigenvalue weighted by molar-refractivity contribution is 0.102. The van der Waals surface area contributed by atoms with Gasteiger partial charge in [0.05, 0.1) is 10.0 Å². The lowest BCUT2D eigenvalue weighted by Crippen LogP contribution is -2.15. The molecule has 0 aliphatic carbocycles. The highest BCUT2D eigenvalue weighted by Gasteiger charge is 2.15. The Morgan fingerprint density at radius 1 is 1.11 bits per heavy atom. The molecule has 2 aromatic carbocycles. The first kappa shape index (κ1) is 13.7.